The molecule has 6 nitrogen and oxygen atoms in total. The van der Waals surface area contributed by atoms with E-state index < -0.39 is 12.0 Å². The van der Waals surface area contributed by atoms with Crippen LogP contribution in [0.15, 0.2) is 23.2 Å². The van der Waals surface area contributed by atoms with Crippen LogP contribution in [0.2, 0.25) is 0 Å². The second kappa shape index (κ2) is 5.46. The van der Waals surface area contributed by atoms with Crippen molar-refractivity contribution < 1.29 is 14.3 Å². The Balaban J connectivity index is 2.27. The number of ether oxygens (including phenoxy) is 1. The minimum Gasteiger partial charge on any atom is -0.467 e. The lowest BCUT2D eigenvalue weighted by Gasteiger charge is -2.08. The predicted molar refractivity (Wildman–Crippen MR) is 68.5 cm³/mol. The third kappa shape index (κ3) is 2.86. The van der Waals surface area contributed by atoms with Gasteiger partial charge in [-0.2, -0.15) is 4.99 Å². The number of carbonyl (C=O) groups excluding carboxylic acids is 2. The Morgan fingerprint density at radius 1 is 1.58 bits per heavy atom. The summed E-state index contributed by atoms with van der Waals surface area (Å²) in [6.07, 6.45) is 1.69. The fourth-order valence-electron chi connectivity index (χ4n) is 1.92. The fraction of sp³-hybridized carbons (Fsp3) is 0.308. The van der Waals surface area contributed by atoms with Gasteiger partial charge in [0, 0.05) is 6.42 Å². The number of nitrogens with one attached hydrogen (secondary N) is 1. The average Bonchev–Trinajstić information content (AvgIpc) is 2.76. The quantitative estimate of drug-likeness (QED) is 0.509. The van der Waals surface area contributed by atoms with Crippen LogP contribution in [-0.4, -0.2) is 35.2 Å². The van der Waals surface area contributed by atoms with Gasteiger partial charge in [0.05, 0.1) is 18.1 Å². The van der Waals surface area contributed by atoms with Gasteiger partial charge in [0.15, 0.2) is 6.04 Å². The third-order valence-electron chi connectivity index (χ3n) is 2.78. The first-order chi connectivity index (χ1) is 9.13. The van der Waals surface area contributed by atoms with Crippen molar-refractivity contribution in [3.8, 4) is 0 Å². The summed E-state index contributed by atoms with van der Waals surface area (Å²) < 4.78 is 4.60. The molecule has 0 aliphatic rings. The summed E-state index contributed by atoms with van der Waals surface area (Å²) in [4.78, 5) is 32.7. The number of fused-ring (bicyclic) bond motifs is 1. The fourth-order valence-corrected chi connectivity index (χ4v) is 1.92. The number of aryl methyl sites for hydroxylation is 1. The van der Waals surface area contributed by atoms with E-state index in [4.69, 9.17) is 0 Å². The van der Waals surface area contributed by atoms with E-state index in [1.54, 1.807) is 0 Å². The summed E-state index contributed by atoms with van der Waals surface area (Å²) in [5, 5.41) is 0. The molecule has 0 spiro atoms. The van der Waals surface area contributed by atoms with Gasteiger partial charge in [0.1, 0.15) is 5.82 Å². The molecule has 1 N–H and O–H groups in total. The number of methoxy groups -OCH3 is 1. The van der Waals surface area contributed by atoms with Gasteiger partial charge in [-0.1, -0.05) is 6.07 Å². The average molecular weight is 259 g/mol. The molecule has 1 unspecified atom stereocenters. The minimum atomic E-state index is -0.857. The van der Waals surface area contributed by atoms with Crippen LogP contribution in [0.5, 0.6) is 0 Å². The maximum atomic E-state index is 11.5. The van der Waals surface area contributed by atoms with E-state index in [0.717, 1.165) is 22.4 Å². The standard InChI is InChI=1S/C13H13N3O3/c1-8-15-10-4-3-9(5-11(10)16-8)6-12(14-7-17)13(18)19-2/h3-5,12H,6H2,1-2H3,(H,15,16). The molecule has 2 aromatic rings. The first kappa shape index (κ1) is 13.0. The Kier molecular flexibility index (Phi) is 3.73. The number of rotatable bonds is 4. The molecule has 1 aromatic carbocycles. The first-order valence-electron chi connectivity index (χ1n) is 5.74. The number of carbonyl (C=O) groups is 1. The van der Waals surface area contributed by atoms with Crippen molar-refractivity contribution in [1.29, 1.82) is 0 Å². The smallest absolute Gasteiger partial charge is 0.331 e. The largest absolute Gasteiger partial charge is 0.467 e. The maximum absolute atomic E-state index is 11.5. The van der Waals surface area contributed by atoms with Gasteiger partial charge in [0.25, 0.3) is 0 Å². The SMILES string of the molecule is COC(=O)C(Cc1ccc2nc(C)[nH]c2c1)N=C=O. The molecule has 0 aliphatic carbocycles. The van der Waals surface area contributed by atoms with Gasteiger partial charge in [-0.3, -0.25) is 0 Å². The number of imidazole rings is 1. The van der Waals surface area contributed by atoms with E-state index in [-0.39, 0.29) is 6.42 Å². The molecule has 1 aromatic heterocycles. The second-order valence-corrected chi connectivity index (χ2v) is 4.14. The first-order valence-corrected chi connectivity index (χ1v) is 5.74. The number of aromatic amines is 1. The van der Waals surface area contributed by atoms with Crippen molar-refractivity contribution >= 4 is 23.1 Å². The molecule has 0 aliphatic heterocycles. The molecule has 6 heteroatoms. The molecule has 19 heavy (non-hydrogen) atoms. The highest BCUT2D eigenvalue weighted by molar-refractivity contribution is 5.78. The molecule has 0 fully saturated rings. The van der Waals surface area contributed by atoms with Crippen LogP contribution in [0, 0.1) is 6.92 Å². The van der Waals surface area contributed by atoms with E-state index in [9.17, 15) is 9.59 Å². The minimum absolute atomic E-state index is 0.288. The Morgan fingerprint density at radius 2 is 2.37 bits per heavy atom. The number of hydrogen-bond acceptors (Lipinski definition) is 5. The van der Waals surface area contributed by atoms with E-state index >= 15 is 0 Å². The molecule has 0 amide bonds. The predicted octanol–water partition coefficient (Wildman–Crippen LogP) is 1.29. The monoisotopic (exact) mass is 259 g/mol. The van der Waals surface area contributed by atoms with Gasteiger partial charge in [-0.05, 0) is 24.6 Å². The molecular formula is C13H13N3O3. The van der Waals surface area contributed by atoms with Crippen LogP contribution in [0.25, 0.3) is 11.0 Å². The summed E-state index contributed by atoms with van der Waals surface area (Å²) in [6.45, 7) is 1.87. The molecule has 0 saturated heterocycles. The van der Waals surface area contributed by atoms with E-state index in [2.05, 4.69) is 19.7 Å². The Labute approximate surface area is 109 Å². The lowest BCUT2D eigenvalue weighted by molar-refractivity contribution is -0.142. The molecular weight excluding hydrogens is 246 g/mol. The van der Waals surface area contributed by atoms with Gasteiger partial charge in [0.2, 0.25) is 6.08 Å². The van der Waals surface area contributed by atoms with Crippen molar-refractivity contribution in [2.45, 2.75) is 19.4 Å². The number of aromatic nitrogens is 2. The molecule has 0 bridgehead atoms. The Bertz CT molecular complexity index is 656. The topological polar surface area (TPSA) is 84.4 Å². The zero-order chi connectivity index (χ0) is 13.8. The van der Waals surface area contributed by atoms with Crippen LogP contribution in [-0.2, 0) is 20.7 Å². The zero-order valence-electron chi connectivity index (χ0n) is 10.6. The van der Waals surface area contributed by atoms with Crippen LogP contribution >= 0.6 is 0 Å². The van der Waals surface area contributed by atoms with Gasteiger partial charge in [-0.15, -0.1) is 0 Å². The van der Waals surface area contributed by atoms with Crippen molar-refractivity contribution in [3.05, 3.63) is 29.6 Å². The highest BCUT2D eigenvalue weighted by Crippen LogP contribution is 2.15. The van der Waals surface area contributed by atoms with Crippen LogP contribution in [0.3, 0.4) is 0 Å². The molecule has 98 valence electrons. The number of hydrogen-bond donors (Lipinski definition) is 1. The molecule has 1 heterocycles. The highest BCUT2D eigenvalue weighted by atomic mass is 16.5. The molecule has 0 saturated carbocycles. The third-order valence-corrected chi connectivity index (χ3v) is 2.78. The summed E-state index contributed by atoms with van der Waals surface area (Å²) in [6, 6.07) is 4.72. The summed E-state index contributed by atoms with van der Waals surface area (Å²) in [7, 11) is 1.26. The molecule has 0 radical (unpaired) electrons. The number of aliphatic imine (C=N–C) groups is 1. The number of isocyanates is 1. The van der Waals surface area contributed by atoms with Gasteiger partial charge in [-0.25, -0.2) is 14.6 Å². The lowest BCUT2D eigenvalue weighted by atomic mass is 10.1. The number of esters is 1. The van der Waals surface area contributed by atoms with Crippen LogP contribution in [0.1, 0.15) is 11.4 Å². The number of H-pyrrole nitrogens is 1. The van der Waals surface area contributed by atoms with E-state index in [0.29, 0.717) is 0 Å². The normalized spacial score (nSPS) is 11.9. The maximum Gasteiger partial charge on any atom is 0.331 e. The van der Waals surface area contributed by atoms with Crippen molar-refractivity contribution in [3.63, 3.8) is 0 Å². The Hall–Kier alpha value is -2.46. The number of benzene rings is 1. The number of nitrogens with zero attached hydrogens (tertiary/aromatic N) is 2. The van der Waals surface area contributed by atoms with E-state index in [1.165, 1.54) is 13.2 Å². The van der Waals surface area contributed by atoms with Crippen LogP contribution < -0.4 is 0 Å². The van der Waals surface area contributed by atoms with Crippen molar-refractivity contribution in [1.82, 2.24) is 9.97 Å². The van der Waals surface area contributed by atoms with Crippen molar-refractivity contribution in [2.75, 3.05) is 7.11 Å². The summed E-state index contributed by atoms with van der Waals surface area (Å²) in [5.74, 6) is 0.270. The highest BCUT2D eigenvalue weighted by Gasteiger charge is 2.19. The summed E-state index contributed by atoms with van der Waals surface area (Å²) >= 11 is 0. The molecule has 2 rings (SSSR count). The second-order valence-electron chi connectivity index (χ2n) is 4.14. The van der Waals surface area contributed by atoms with Gasteiger partial charge < -0.3 is 9.72 Å². The lowest BCUT2D eigenvalue weighted by Crippen LogP contribution is -2.22. The van der Waals surface area contributed by atoms with Crippen molar-refractivity contribution in [2.24, 2.45) is 4.99 Å². The van der Waals surface area contributed by atoms with E-state index in [1.807, 2.05) is 25.1 Å². The summed E-state index contributed by atoms with van der Waals surface area (Å²) in [5.41, 5.74) is 2.61. The molecule has 1 atom stereocenters. The van der Waals surface area contributed by atoms with Crippen LogP contribution in [0.4, 0.5) is 0 Å². The Morgan fingerprint density at radius 3 is 3.05 bits per heavy atom. The zero-order valence-corrected chi connectivity index (χ0v) is 10.6. The van der Waals surface area contributed by atoms with Gasteiger partial charge >= 0.3 is 5.97 Å².